The van der Waals surface area contributed by atoms with Crippen LogP contribution >= 0.6 is 34.9 Å². The second-order valence-corrected chi connectivity index (χ2v) is 7.75. The Kier molecular flexibility index (Phi) is 4.50. The summed E-state index contributed by atoms with van der Waals surface area (Å²) in [7, 11) is 2.08. The maximum atomic E-state index is 5.84. The topological polar surface area (TPSA) is 16.1 Å². The van der Waals surface area contributed by atoms with Crippen LogP contribution in [-0.2, 0) is 6.54 Å². The van der Waals surface area contributed by atoms with Gasteiger partial charge in [0.15, 0.2) is 0 Å². The van der Waals surface area contributed by atoms with Crippen LogP contribution in [-0.4, -0.2) is 16.3 Å². The van der Waals surface area contributed by atoms with Crippen LogP contribution in [0.1, 0.15) is 10.6 Å². The van der Waals surface area contributed by atoms with Crippen molar-refractivity contribution >= 4 is 45.1 Å². The van der Waals surface area contributed by atoms with Crippen molar-refractivity contribution in [2.45, 2.75) is 18.4 Å². The van der Waals surface area contributed by atoms with Crippen molar-refractivity contribution in [3.63, 3.8) is 0 Å². The Bertz CT molecular complexity index is 737. The third kappa shape index (κ3) is 3.58. The van der Waals surface area contributed by atoms with Gasteiger partial charge in [-0.05, 0) is 61.8 Å². The standard InChI is InChI=1S/C8H8ClNS.C8H7NS/c1-10-5-6-4-7(9)2-3-8(6)11-10;1-6-9-7-4-2-3-5-8(7)10-6/h2-4H,5H2,1H3;2-5H,1H3. The van der Waals surface area contributed by atoms with Crippen molar-refractivity contribution in [1.29, 1.82) is 0 Å². The van der Waals surface area contributed by atoms with E-state index in [1.165, 1.54) is 15.2 Å². The van der Waals surface area contributed by atoms with Gasteiger partial charge in [-0.2, -0.15) is 0 Å². The molecule has 0 unspecified atom stereocenters. The first-order valence-corrected chi connectivity index (χ1v) is 8.58. The van der Waals surface area contributed by atoms with Crippen LogP contribution in [0.4, 0.5) is 0 Å². The highest BCUT2D eigenvalue weighted by molar-refractivity contribution is 7.97. The minimum Gasteiger partial charge on any atom is -0.245 e. The number of fused-ring (bicyclic) bond motifs is 2. The number of nitrogens with zero attached hydrogens (tertiary/aromatic N) is 2. The van der Waals surface area contributed by atoms with E-state index in [1.54, 1.807) is 23.3 Å². The molecular formula is C16H15ClN2S2. The number of benzene rings is 2. The molecule has 1 aromatic heterocycles. The lowest BCUT2D eigenvalue weighted by molar-refractivity contribution is 0.581. The Balaban J connectivity index is 0.000000126. The summed E-state index contributed by atoms with van der Waals surface area (Å²) in [5.41, 5.74) is 2.45. The quantitative estimate of drug-likeness (QED) is 0.512. The smallest absolute Gasteiger partial charge is 0.0907 e. The molecule has 0 spiro atoms. The van der Waals surface area contributed by atoms with Crippen LogP contribution in [0, 0.1) is 6.92 Å². The van der Waals surface area contributed by atoms with Crippen molar-refractivity contribution in [1.82, 2.24) is 9.29 Å². The zero-order chi connectivity index (χ0) is 14.8. The second kappa shape index (κ2) is 6.36. The van der Waals surface area contributed by atoms with Crippen LogP contribution in [0.25, 0.3) is 10.2 Å². The van der Waals surface area contributed by atoms with Gasteiger partial charge in [-0.15, -0.1) is 11.3 Å². The molecule has 4 rings (SSSR count). The van der Waals surface area contributed by atoms with Gasteiger partial charge in [-0.3, -0.25) is 0 Å². The molecule has 0 saturated heterocycles. The van der Waals surface area contributed by atoms with E-state index >= 15 is 0 Å². The number of aryl methyl sites for hydroxylation is 1. The molecule has 0 saturated carbocycles. The van der Waals surface area contributed by atoms with Crippen LogP contribution < -0.4 is 0 Å². The predicted octanol–water partition coefficient (Wildman–Crippen LogP) is 5.40. The Morgan fingerprint density at radius 2 is 2.00 bits per heavy atom. The molecule has 2 nitrogen and oxygen atoms in total. The van der Waals surface area contributed by atoms with Gasteiger partial charge in [-0.25, -0.2) is 9.29 Å². The molecule has 3 aromatic rings. The zero-order valence-electron chi connectivity index (χ0n) is 11.8. The van der Waals surface area contributed by atoms with Crippen LogP contribution in [0.5, 0.6) is 0 Å². The van der Waals surface area contributed by atoms with E-state index in [0.29, 0.717) is 0 Å². The van der Waals surface area contributed by atoms with Crippen LogP contribution in [0.3, 0.4) is 0 Å². The van der Waals surface area contributed by atoms with Crippen LogP contribution in [0.15, 0.2) is 47.4 Å². The van der Waals surface area contributed by atoms with Gasteiger partial charge in [0, 0.05) is 16.5 Å². The average Bonchev–Trinajstić information content (AvgIpc) is 2.99. The number of hydrogen-bond acceptors (Lipinski definition) is 4. The van der Waals surface area contributed by atoms with Crippen molar-refractivity contribution in [3.8, 4) is 0 Å². The average molecular weight is 335 g/mol. The molecule has 1 aliphatic rings. The molecule has 1 aliphatic heterocycles. The van der Waals surface area contributed by atoms with Gasteiger partial charge in [0.2, 0.25) is 0 Å². The lowest BCUT2D eigenvalue weighted by Gasteiger charge is -2.00. The first kappa shape index (κ1) is 14.9. The molecule has 0 amide bonds. The van der Waals surface area contributed by atoms with Crippen molar-refractivity contribution < 1.29 is 0 Å². The molecule has 2 heterocycles. The highest BCUT2D eigenvalue weighted by Crippen LogP contribution is 2.35. The molecule has 108 valence electrons. The molecule has 0 atom stereocenters. The zero-order valence-corrected chi connectivity index (χ0v) is 14.2. The molecule has 0 bridgehead atoms. The summed E-state index contributed by atoms with van der Waals surface area (Å²) in [6.07, 6.45) is 0. The largest absolute Gasteiger partial charge is 0.245 e. The van der Waals surface area contributed by atoms with Gasteiger partial charge in [0.05, 0.1) is 15.2 Å². The molecule has 2 aromatic carbocycles. The van der Waals surface area contributed by atoms with Gasteiger partial charge in [-0.1, -0.05) is 23.7 Å². The number of hydrogen-bond donors (Lipinski definition) is 0. The number of aromatic nitrogens is 1. The molecule has 0 aliphatic carbocycles. The van der Waals surface area contributed by atoms with Gasteiger partial charge in [0.1, 0.15) is 0 Å². The van der Waals surface area contributed by atoms with E-state index in [9.17, 15) is 0 Å². The normalized spacial score (nSPS) is 13.9. The maximum absolute atomic E-state index is 5.84. The summed E-state index contributed by atoms with van der Waals surface area (Å²) in [5.74, 6) is 0. The van der Waals surface area contributed by atoms with E-state index in [0.717, 1.165) is 22.1 Å². The Morgan fingerprint density at radius 3 is 2.81 bits per heavy atom. The minimum absolute atomic E-state index is 0.833. The van der Waals surface area contributed by atoms with Crippen LogP contribution in [0.2, 0.25) is 5.02 Å². The van der Waals surface area contributed by atoms with Gasteiger partial charge in [0.25, 0.3) is 0 Å². The Labute approximate surface area is 137 Å². The van der Waals surface area contributed by atoms with E-state index < -0.39 is 0 Å². The molecule has 0 fully saturated rings. The SMILES string of the molecule is CN1Cc2cc(Cl)ccc2S1.Cc1nc2ccccc2s1. The number of halogens is 1. The van der Waals surface area contributed by atoms with Crippen molar-refractivity contribution in [2.75, 3.05) is 7.05 Å². The van der Waals surface area contributed by atoms with Crippen molar-refractivity contribution in [3.05, 3.63) is 58.1 Å². The first-order chi connectivity index (χ1) is 10.1. The third-order valence-electron chi connectivity index (χ3n) is 3.07. The van der Waals surface area contributed by atoms with E-state index in [2.05, 4.69) is 28.5 Å². The summed E-state index contributed by atoms with van der Waals surface area (Å²) < 4.78 is 3.47. The monoisotopic (exact) mass is 334 g/mol. The molecule has 0 radical (unpaired) electrons. The highest BCUT2D eigenvalue weighted by atomic mass is 35.5. The summed E-state index contributed by atoms with van der Waals surface area (Å²) in [5, 5.41) is 1.97. The fourth-order valence-electron chi connectivity index (χ4n) is 2.19. The van der Waals surface area contributed by atoms with Gasteiger partial charge < -0.3 is 0 Å². The van der Waals surface area contributed by atoms with E-state index in [1.807, 2.05) is 37.3 Å². The summed E-state index contributed by atoms with van der Waals surface area (Å²) >= 11 is 9.36. The first-order valence-electron chi connectivity index (χ1n) is 6.61. The number of thiazole rings is 1. The van der Waals surface area contributed by atoms with E-state index in [4.69, 9.17) is 11.6 Å². The summed E-state index contributed by atoms with van der Waals surface area (Å²) in [4.78, 5) is 5.66. The number of rotatable bonds is 0. The molecule has 0 N–H and O–H groups in total. The van der Waals surface area contributed by atoms with E-state index in [-0.39, 0.29) is 0 Å². The fraction of sp³-hybridized carbons (Fsp3) is 0.188. The minimum atomic E-state index is 0.833. The molecule has 5 heteroatoms. The number of para-hydroxylation sites is 1. The third-order valence-corrected chi connectivity index (χ3v) is 5.29. The highest BCUT2D eigenvalue weighted by Gasteiger charge is 2.15. The summed E-state index contributed by atoms with van der Waals surface area (Å²) in [6, 6.07) is 14.2. The lowest BCUT2D eigenvalue weighted by Crippen LogP contribution is -1.99. The van der Waals surface area contributed by atoms with Crippen molar-refractivity contribution in [2.24, 2.45) is 0 Å². The Hall–Kier alpha value is -1.07. The fourth-order valence-corrected chi connectivity index (χ4v) is 4.12. The van der Waals surface area contributed by atoms with Gasteiger partial charge >= 0.3 is 0 Å². The molecular weight excluding hydrogens is 320 g/mol. The maximum Gasteiger partial charge on any atom is 0.0907 e. The lowest BCUT2D eigenvalue weighted by atomic mass is 10.2. The predicted molar refractivity (Wildman–Crippen MR) is 93.1 cm³/mol. The summed E-state index contributed by atoms with van der Waals surface area (Å²) in [6.45, 7) is 3.03. The second-order valence-electron chi connectivity index (χ2n) is 4.83. The molecule has 21 heavy (non-hydrogen) atoms. The Morgan fingerprint density at radius 1 is 1.19 bits per heavy atom.